The number of rotatable bonds is 0. The predicted molar refractivity (Wildman–Crippen MR) is 66.9 cm³/mol. The molecule has 90 valence electrons. The number of carbonyl (C=O) groups is 1. The van der Waals surface area contributed by atoms with Crippen LogP contribution in [0.3, 0.4) is 0 Å². The van der Waals surface area contributed by atoms with Crippen molar-refractivity contribution in [3.63, 3.8) is 0 Å². The van der Waals surface area contributed by atoms with Gasteiger partial charge in [0.05, 0.1) is 11.7 Å². The maximum absolute atomic E-state index is 12.7. The zero-order valence-corrected chi connectivity index (χ0v) is 10.7. The number of hydrogen-bond acceptors (Lipinski definition) is 2. The minimum absolute atomic E-state index is 0.214. The summed E-state index contributed by atoms with van der Waals surface area (Å²) in [6.45, 7) is 6.30. The molecule has 0 aliphatic heterocycles. The third kappa shape index (κ3) is 1.18. The molecular formula is C15H18O2. The largest absolute Gasteiger partial charge is 0.460 e. The van der Waals surface area contributed by atoms with Gasteiger partial charge >= 0.3 is 0 Å². The fraction of sp³-hybridized carbons (Fsp3) is 0.533. The summed E-state index contributed by atoms with van der Waals surface area (Å²) < 4.78 is 5.49. The summed E-state index contributed by atoms with van der Waals surface area (Å²) in [4.78, 5) is 12.7. The van der Waals surface area contributed by atoms with E-state index in [2.05, 4.69) is 19.9 Å². The van der Waals surface area contributed by atoms with Crippen LogP contribution in [-0.2, 0) is 0 Å². The number of allylic oxidation sites excluding steroid dienone is 1. The van der Waals surface area contributed by atoms with E-state index in [1.54, 1.807) is 6.26 Å². The summed E-state index contributed by atoms with van der Waals surface area (Å²) in [6.07, 6.45) is 7.13. The summed E-state index contributed by atoms with van der Waals surface area (Å²) in [5, 5.41) is 0. The topological polar surface area (TPSA) is 30.2 Å². The van der Waals surface area contributed by atoms with E-state index in [4.69, 9.17) is 4.42 Å². The van der Waals surface area contributed by atoms with Gasteiger partial charge in [-0.15, -0.1) is 0 Å². The first kappa shape index (κ1) is 10.8. The number of aryl methyl sites for hydroxylation is 1. The summed E-state index contributed by atoms with van der Waals surface area (Å²) in [6, 6.07) is 0. The molecule has 1 aromatic rings. The first-order valence-corrected chi connectivity index (χ1v) is 6.39. The van der Waals surface area contributed by atoms with Crippen LogP contribution in [-0.4, -0.2) is 5.78 Å². The molecule has 2 unspecified atom stereocenters. The number of Topliss-reactive ketones (excluding diaryl/α,β-unsaturated/α-hetero) is 1. The van der Waals surface area contributed by atoms with E-state index in [0.29, 0.717) is 11.7 Å². The highest BCUT2D eigenvalue weighted by atomic mass is 16.3. The average molecular weight is 230 g/mol. The second-order valence-electron chi connectivity index (χ2n) is 5.58. The number of carbonyl (C=O) groups excluding carboxylic acids is 1. The molecule has 2 aliphatic rings. The maximum atomic E-state index is 12.7. The van der Waals surface area contributed by atoms with Crippen LogP contribution in [0.4, 0.5) is 0 Å². The Bertz CT molecular complexity index is 521. The van der Waals surface area contributed by atoms with E-state index < -0.39 is 0 Å². The van der Waals surface area contributed by atoms with E-state index in [-0.39, 0.29) is 11.2 Å². The first-order valence-electron chi connectivity index (χ1n) is 6.39. The number of ketones is 1. The standard InChI is InChI=1S/C15H18O2/c1-9-8-17-13-12(9)7-11(3)15(14(13)16)6-4-5-10(15)2/h7-8,10H,4-6H2,1-3H3. The van der Waals surface area contributed by atoms with Crippen molar-refractivity contribution < 1.29 is 9.21 Å². The molecular weight excluding hydrogens is 212 g/mol. The first-order chi connectivity index (χ1) is 8.07. The molecule has 0 radical (unpaired) electrons. The van der Waals surface area contributed by atoms with E-state index in [1.807, 2.05) is 6.92 Å². The fourth-order valence-corrected chi connectivity index (χ4v) is 3.64. The molecule has 2 aliphatic carbocycles. The Morgan fingerprint density at radius 1 is 1.41 bits per heavy atom. The van der Waals surface area contributed by atoms with Gasteiger partial charge in [-0.3, -0.25) is 4.79 Å². The van der Waals surface area contributed by atoms with Crippen molar-refractivity contribution in [3.05, 3.63) is 28.7 Å². The minimum Gasteiger partial charge on any atom is -0.460 e. The molecule has 1 fully saturated rings. The Hall–Kier alpha value is -1.31. The smallest absolute Gasteiger partial charge is 0.209 e. The van der Waals surface area contributed by atoms with Crippen molar-refractivity contribution in [2.24, 2.45) is 11.3 Å². The van der Waals surface area contributed by atoms with Crippen LogP contribution in [0, 0.1) is 18.3 Å². The zero-order chi connectivity index (χ0) is 12.2. The van der Waals surface area contributed by atoms with E-state index in [0.717, 1.165) is 30.4 Å². The molecule has 17 heavy (non-hydrogen) atoms. The highest BCUT2D eigenvalue weighted by Gasteiger charge is 2.51. The van der Waals surface area contributed by atoms with Gasteiger partial charge in [0.25, 0.3) is 0 Å². The van der Waals surface area contributed by atoms with Gasteiger partial charge in [0.1, 0.15) is 0 Å². The monoisotopic (exact) mass is 230 g/mol. The molecule has 1 saturated carbocycles. The Morgan fingerprint density at radius 2 is 2.18 bits per heavy atom. The second-order valence-corrected chi connectivity index (χ2v) is 5.58. The molecule has 0 saturated heterocycles. The fourth-order valence-electron chi connectivity index (χ4n) is 3.64. The van der Waals surface area contributed by atoms with E-state index in [1.165, 1.54) is 5.57 Å². The molecule has 0 N–H and O–H groups in total. The average Bonchev–Trinajstić information content (AvgIpc) is 2.83. The molecule has 0 bridgehead atoms. The van der Waals surface area contributed by atoms with Crippen molar-refractivity contribution in [2.75, 3.05) is 0 Å². The summed E-state index contributed by atoms with van der Waals surface area (Å²) in [5.41, 5.74) is 3.02. The highest BCUT2D eigenvalue weighted by molar-refractivity contribution is 6.06. The van der Waals surface area contributed by atoms with Crippen molar-refractivity contribution in [1.29, 1.82) is 0 Å². The summed E-state index contributed by atoms with van der Waals surface area (Å²) in [7, 11) is 0. The van der Waals surface area contributed by atoms with Crippen LogP contribution in [0.15, 0.2) is 16.3 Å². The minimum atomic E-state index is -0.267. The van der Waals surface area contributed by atoms with Crippen LogP contribution >= 0.6 is 0 Å². The van der Waals surface area contributed by atoms with Crippen LogP contribution in [0.5, 0.6) is 0 Å². The quantitative estimate of drug-likeness (QED) is 0.674. The maximum Gasteiger partial charge on any atom is 0.209 e. The lowest BCUT2D eigenvalue weighted by molar-refractivity contribution is 0.0760. The van der Waals surface area contributed by atoms with Gasteiger partial charge in [-0.2, -0.15) is 0 Å². The van der Waals surface area contributed by atoms with Gasteiger partial charge in [-0.25, -0.2) is 0 Å². The lowest BCUT2D eigenvalue weighted by Gasteiger charge is -2.35. The van der Waals surface area contributed by atoms with Gasteiger partial charge in [-0.1, -0.05) is 25.0 Å². The molecule has 0 aromatic carbocycles. The second kappa shape index (κ2) is 3.34. The molecule has 1 heterocycles. The zero-order valence-electron chi connectivity index (χ0n) is 10.7. The van der Waals surface area contributed by atoms with Crippen LogP contribution in [0.25, 0.3) is 6.08 Å². The Balaban J connectivity index is 2.21. The lowest BCUT2D eigenvalue weighted by Crippen LogP contribution is -2.37. The summed E-state index contributed by atoms with van der Waals surface area (Å²) >= 11 is 0. The van der Waals surface area contributed by atoms with Gasteiger partial charge in [0.15, 0.2) is 5.76 Å². The van der Waals surface area contributed by atoms with Gasteiger partial charge in [0, 0.05) is 5.56 Å². The third-order valence-corrected chi connectivity index (χ3v) is 4.75. The molecule has 2 atom stereocenters. The Kier molecular flexibility index (Phi) is 2.13. The van der Waals surface area contributed by atoms with Crippen molar-refractivity contribution in [3.8, 4) is 0 Å². The van der Waals surface area contributed by atoms with Crippen LogP contribution in [0.1, 0.15) is 54.8 Å². The van der Waals surface area contributed by atoms with Crippen molar-refractivity contribution in [1.82, 2.24) is 0 Å². The lowest BCUT2D eigenvalue weighted by atomic mass is 9.66. The SMILES string of the molecule is CC1=Cc2c(C)coc2C(=O)C12CCCC2C. The van der Waals surface area contributed by atoms with Gasteiger partial charge in [0.2, 0.25) is 5.78 Å². The number of furan rings is 1. The third-order valence-electron chi connectivity index (χ3n) is 4.75. The van der Waals surface area contributed by atoms with Gasteiger partial charge < -0.3 is 4.42 Å². The number of hydrogen-bond donors (Lipinski definition) is 0. The molecule has 1 aromatic heterocycles. The van der Waals surface area contributed by atoms with Crippen LogP contribution in [0.2, 0.25) is 0 Å². The molecule has 1 spiro atoms. The summed E-state index contributed by atoms with van der Waals surface area (Å²) in [5.74, 6) is 1.23. The van der Waals surface area contributed by atoms with Gasteiger partial charge in [-0.05, 0) is 38.2 Å². The van der Waals surface area contributed by atoms with Crippen molar-refractivity contribution >= 4 is 11.9 Å². The predicted octanol–water partition coefficient (Wildman–Crippen LogP) is 3.99. The van der Waals surface area contributed by atoms with E-state index in [9.17, 15) is 4.79 Å². The molecule has 2 heteroatoms. The Morgan fingerprint density at radius 3 is 2.82 bits per heavy atom. The Labute approximate surface area is 102 Å². The van der Waals surface area contributed by atoms with E-state index >= 15 is 0 Å². The normalized spacial score (nSPS) is 31.8. The highest BCUT2D eigenvalue weighted by Crippen LogP contribution is 2.53. The van der Waals surface area contributed by atoms with Crippen molar-refractivity contribution in [2.45, 2.75) is 40.0 Å². The van der Waals surface area contributed by atoms with Crippen LogP contribution < -0.4 is 0 Å². The molecule has 3 rings (SSSR count). The molecule has 0 amide bonds. The number of fused-ring (bicyclic) bond motifs is 1. The molecule has 2 nitrogen and oxygen atoms in total.